The molecule has 0 radical (unpaired) electrons. The Hall–Kier alpha value is -2.39. The topological polar surface area (TPSA) is 37.0 Å². The minimum atomic E-state index is 0.846. The van der Waals surface area contributed by atoms with Crippen molar-refractivity contribution >= 4 is 16.5 Å². The van der Waals surface area contributed by atoms with E-state index >= 15 is 0 Å². The maximum absolute atomic E-state index is 4.30. The van der Waals surface area contributed by atoms with Crippen LogP contribution in [0.2, 0.25) is 0 Å². The first-order chi connectivity index (χ1) is 11.4. The molecular weight excluding hydrogens is 282 g/mol. The highest BCUT2D eigenvalue weighted by molar-refractivity contribution is 5.85. The van der Waals surface area contributed by atoms with E-state index < -0.39 is 0 Å². The van der Waals surface area contributed by atoms with Crippen molar-refractivity contribution < 1.29 is 0 Å². The van der Waals surface area contributed by atoms with E-state index in [1.807, 2.05) is 24.4 Å². The van der Waals surface area contributed by atoms with Gasteiger partial charge in [-0.15, -0.1) is 0 Å². The summed E-state index contributed by atoms with van der Waals surface area (Å²) in [5, 5.41) is 9.51. The van der Waals surface area contributed by atoms with Crippen LogP contribution in [0.4, 0.5) is 5.69 Å². The maximum Gasteiger partial charge on any atom is 0.0541 e. The molecule has 0 saturated heterocycles. The second-order valence-electron chi connectivity index (χ2n) is 5.69. The van der Waals surface area contributed by atoms with Gasteiger partial charge in [0, 0.05) is 25.0 Å². The number of fused-ring (bicyclic) bond motifs is 1. The Kier molecular flexibility index (Phi) is 5.59. The zero-order valence-electron chi connectivity index (χ0n) is 13.3. The Labute approximate surface area is 137 Å². The summed E-state index contributed by atoms with van der Waals surface area (Å²) in [5.74, 6) is 0. The molecule has 2 N–H and O–H groups in total. The summed E-state index contributed by atoms with van der Waals surface area (Å²) in [4.78, 5) is 4.30. The van der Waals surface area contributed by atoms with E-state index in [1.165, 1.54) is 16.5 Å². The van der Waals surface area contributed by atoms with Crippen LogP contribution in [0.15, 0.2) is 66.9 Å². The predicted octanol–water partition coefficient (Wildman–Crippen LogP) is 4.22. The van der Waals surface area contributed by atoms with Gasteiger partial charge < -0.3 is 10.6 Å². The third kappa shape index (κ3) is 4.80. The molecule has 118 valence electrons. The largest absolute Gasteiger partial charge is 0.385 e. The van der Waals surface area contributed by atoms with Crippen LogP contribution in [0.5, 0.6) is 0 Å². The fraction of sp³-hybridized carbons (Fsp3) is 0.250. The zero-order valence-corrected chi connectivity index (χ0v) is 13.3. The Morgan fingerprint density at radius 2 is 1.61 bits per heavy atom. The number of anilines is 1. The van der Waals surface area contributed by atoms with E-state index in [2.05, 4.69) is 58.1 Å². The van der Waals surface area contributed by atoms with Crippen molar-refractivity contribution in [3.05, 3.63) is 72.6 Å². The number of rotatable bonds is 8. The van der Waals surface area contributed by atoms with Gasteiger partial charge in [-0.25, -0.2) is 0 Å². The van der Waals surface area contributed by atoms with Gasteiger partial charge in [0.05, 0.1) is 5.69 Å². The van der Waals surface area contributed by atoms with Gasteiger partial charge in [-0.05, 0) is 54.4 Å². The number of benzene rings is 2. The second-order valence-corrected chi connectivity index (χ2v) is 5.69. The molecule has 0 saturated carbocycles. The van der Waals surface area contributed by atoms with Crippen molar-refractivity contribution in [2.24, 2.45) is 0 Å². The van der Waals surface area contributed by atoms with E-state index in [0.717, 1.165) is 38.2 Å². The molecule has 3 aromatic rings. The van der Waals surface area contributed by atoms with Crippen molar-refractivity contribution in [1.29, 1.82) is 0 Å². The quantitative estimate of drug-likeness (QED) is 0.612. The minimum Gasteiger partial charge on any atom is -0.385 e. The number of nitrogens with one attached hydrogen (secondary N) is 2. The first kappa shape index (κ1) is 15.5. The Balaban J connectivity index is 1.33. The summed E-state index contributed by atoms with van der Waals surface area (Å²) in [5.41, 5.74) is 2.30. The van der Waals surface area contributed by atoms with Gasteiger partial charge in [0.15, 0.2) is 0 Å². The maximum atomic E-state index is 4.30. The van der Waals surface area contributed by atoms with Gasteiger partial charge >= 0.3 is 0 Å². The van der Waals surface area contributed by atoms with Crippen LogP contribution in [-0.2, 0) is 6.54 Å². The molecule has 0 aliphatic carbocycles. The number of hydrogen-bond acceptors (Lipinski definition) is 3. The molecule has 23 heavy (non-hydrogen) atoms. The van der Waals surface area contributed by atoms with Crippen molar-refractivity contribution in [3.8, 4) is 0 Å². The molecule has 0 unspecified atom stereocenters. The van der Waals surface area contributed by atoms with Gasteiger partial charge in [-0.3, -0.25) is 4.98 Å². The lowest BCUT2D eigenvalue weighted by Crippen LogP contribution is -2.16. The number of pyridine rings is 1. The first-order valence-electron chi connectivity index (χ1n) is 8.25. The second kappa shape index (κ2) is 8.30. The van der Waals surface area contributed by atoms with Crippen LogP contribution in [0, 0.1) is 0 Å². The molecule has 1 aromatic heterocycles. The monoisotopic (exact) mass is 305 g/mol. The highest BCUT2D eigenvalue weighted by atomic mass is 14.9. The molecule has 0 aliphatic heterocycles. The Morgan fingerprint density at radius 3 is 2.48 bits per heavy atom. The van der Waals surface area contributed by atoms with Crippen LogP contribution in [-0.4, -0.2) is 18.1 Å². The fourth-order valence-corrected chi connectivity index (χ4v) is 2.63. The lowest BCUT2D eigenvalue weighted by atomic mass is 10.1. The van der Waals surface area contributed by atoms with E-state index in [9.17, 15) is 0 Å². The van der Waals surface area contributed by atoms with E-state index in [4.69, 9.17) is 0 Å². The number of hydrogen-bond donors (Lipinski definition) is 2. The summed E-state index contributed by atoms with van der Waals surface area (Å²) < 4.78 is 0. The lowest BCUT2D eigenvalue weighted by Gasteiger charge is -2.08. The minimum absolute atomic E-state index is 0.846. The van der Waals surface area contributed by atoms with Crippen LogP contribution in [0.3, 0.4) is 0 Å². The van der Waals surface area contributed by atoms with E-state index in [-0.39, 0.29) is 0 Å². The molecule has 3 nitrogen and oxygen atoms in total. The lowest BCUT2D eigenvalue weighted by molar-refractivity contribution is 0.626. The third-order valence-electron chi connectivity index (χ3n) is 3.89. The van der Waals surface area contributed by atoms with Crippen molar-refractivity contribution in [3.63, 3.8) is 0 Å². The van der Waals surface area contributed by atoms with Gasteiger partial charge in [0.2, 0.25) is 0 Å². The summed E-state index contributed by atoms with van der Waals surface area (Å²) in [6.07, 6.45) is 4.15. The average Bonchev–Trinajstić information content (AvgIpc) is 2.61. The van der Waals surface area contributed by atoms with Crippen LogP contribution >= 0.6 is 0 Å². The van der Waals surface area contributed by atoms with Crippen LogP contribution < -0.4 is 10.6 Å². The molecule has 0 amide bonds. The predicted molar refractivity (Wildman–Crippen MR) is 97.6 cm³/mol. The molecular formula is C20H23N3. The summed E-state index contributed by atoms with van der Waals surface area (Å²) >= 11 is 0. The molecule has 0 bridgehead atoms. The summed E-state index contributed by atoms with van der Waals surface area (Å²) in [6, 6.07) is 21.0. The SMILES string of the molecule is c1ccc(CNCCCCNc2ccc3ccccc3c2)nc1. The zero-order chi connectivity index (χ0) is 15.7. The molecule has 3 heteroatoms. The van der Waals surface area contributed by atoms with E-state index in [0.29, 0.717) is 0 Å². The van der Waals surface area contributed by atoms with Gasteiger partial charge in [0.1, 0.15) is 0 Å². The van der Waals surface area contributed by atoms with Crippen molar-refractivity contribution in [2.75, 3.05) is 18.4 Å². The highest BCUT2D eigenvalue weighted by Crippen LogP contribution is 2.18. The molecule has 0 atom stereocenters. The highest BCUT2D eigenvalue weighted by Gasteiger charge is 1.96. The van der Waals surface area contributed by atoms with Gasteiger partial charge in [-0.2, -0.15) is 0 Å². The van der Waals surface area contributed by atoms with Crippen LogP contribution in [0.25, 0.3) is 10.8 Å². The van der Waals surface area contributed by atoms with Crippen molar-refractivity contribution in [1.82, 2.24) is 10.3 Å². The Bertz CT molecular complexity index is 725. The molecule has 3 rings (SSSR count). The molecule has 2 aromatic carbocycles. The Morgan fingerprint density at radius 1 is 0.783 bits per heavy atom. The smallest absolute Gasteiger partial charge is 0.0541 e. The standard InChI is InChI=1S/C20H23N3/c1-2-8-18-15-19(11-10-17(18)7-1)22-14-6-5-12-21-16-20-9-3-4-13-23-20/h1-4,7-11,13,15,21-22H,5-6,12,14,16H2. The van der Waals surface area contributed by atoms with Gasteiger partial charge in [-0.1, -0.05) is 36.4 Å². The number of aromatic nitrogens is 1. The molecule has 0 aliphatic rings. The van der Waals surface area contributed by atoms with E-state index in [1.54, 1.807) is 0 Å². The molecule has 0 fully saturated rings. The average molecular weight is 305 g/mol. The molecule has 1 heterocycles. The van der Waals surface area contributed by atoms with Gasteiger partial charge in [0.25, 0.3) is 0 Å². The summed E-state index contributed by atoms with van der Waals surface area (Å²) in [6.45, 7) is 2.87. The number of nitrogens with zero attached hydrogens (tertiary/aromatic N) is 1. The first-order valence-corrected chi connectivity index (χ1v) is 8.25. The van der Waals surface area contributed by atoms with Crippen LogP contribution in [0.1, 0.15) is 18.5 Å². The number of unbranched alkanes of at least 4 members (excludes halogenated alkanes) is 1. The fourth-order valence-electron chi connectivity index (χ4n) is 2.63. The summed E-state index contributed by atoms with van der Waals surface area (Å²) in [7, 11) is 0. The third-order valence-corrected chi connectivity index (χ3v) is 3.89. The molecule has 0 spiro atoms. The van der Waals surface area contributed by atoms with Crippen molar-refractivity contribution in [2.45, 2.75) is 19.4 Å². The normalized spacial score (nSPS) is 10.8.